The fourth-order valence-electron chi connectivity index (χ4n) is 2.53. The van der Waals surface area contributed by atoms with Crippen molar-refractivity contribution in [3.63, 3.8) is 0 Å². The Morgan fingerprint density at radius 1 is 1.27 bits per heavy atom. The molecular weight excluding hydrogens is 276 g/mol. The maximum absolute atomic E-state index is 5.61. The van der Waals surface area contributed by atoms with E-state index in [1.807, 2.05) is 6.07 Å². The summed E-state index contributed by atoms with van der Waals surface area (Å²) in [5.41, 5.74) is 3.42. The smallest absolute Gasteiger partial charge is 0.229 e. The molecule has 2 aromatic rings. The zero-order chi connectivity index (χ0) is 15.4. The fraction of sp³-hybridized carbons (Fsp3) is 0.412. The molecule has 5 nitrogen and oxygen atoms in total. The summed E-state index contributed by atoms with van der Waals surface area (Å²) in [6.45, 7) is 5.81. The van der Waals surface area contributed by atoms with Crippen LogP contribution in [0.25, 0.3) is 0 Å². The number of benzene rings is 1. The Bertz CT molecular complexity index is 638. The molecule has 0 saturated carbocycles. The van der Waals surface area contributed by atoms with Gasteiger partial charge in [0.25, 0.3) is 0 Å². The van der Waals surface area contributed by atoms with Gasteiger partial charge in [-0.2, -0.15) is 4.98 Å². The van der Waals surface area contributed by atoms with Crippen molar-refractivity contribution in [2.24, 2.45) is 0 Å². The Morgan fingerprint density at radius 3 is 3.00 bits per heavy atom. The SMILES string of the molecule is Cc1ccc(C)c(Nc2nccc(NCC3CCCO3)n2)c1. The van der Waals surface area contributed by atoms with Crippen LogP contribution in [0.5, 0.6) is 0 Å². The molecule has 1 aliphatic rings. The van der Waals surface area contributed by atoms with Gasteiger partial charge in [-0.25, -0.2) is 4.98 Å². The Morgan fingerprint density at radius 2 is 2.18 bits per heavy atom. The second-order valence-electron chi connectivity index (χ2n) is 5.72. The highest BCUT2D eigenvalue weighted by Gasteiger charge is 2.15. The Kier molecular flexibility index (Phi) is 4.53. The molecule has 1 atom stereocenters. The van der Waals surface area contributed by atoms with Gasteiger partial charge in [0.15, 0.2) is 0 Å². The summed E-state index contributed by atoms with van der Waals surface area (Å²) in [5, 5.41) is 6.61. The minimum absolute atomic E-state index is 0.297. The number of hydrogen-bond acceptors (Lipinski definition) is 5. The summed E-state index contributed by atoms with van der Waals surface area (Å²) in [6, 6.07) is 8.17. The normalized spacial score (nSPS) is 17.5. The molecule has 0 spiro atoms. The van der Waals surface area contributed by atoms with Gasteiger partial charge in [-0.15, -0.1) is 0 Å². The number of hydrogen-bond donors (Lipinski definition) is 2. The molecule has 3 rings (SSSR count). The molecule has 1 unspecified atom stereocenters. The standard InChI is InChI=1S/C17H22N4O/c1-12-5-6-13(2)15(10-12)20-17-18-8-7-16(21-17)19-11-14-4-3-9-22-14/h5-8,10,14H,3-4,9,11H2,1-2H3,(H2,18,19,20,21). The first kappa shape index (κ1) is 14.8. The Labute approximate surface area is 131 Å². The van der Waals surface area contributed by atoms with Gasteiger partial charge in [-0.1, -0.05) is 12.1 Å². The molecular formula is C17H22N4O. The van der Waals surface area contributed by atoms with Gasteiger partial charge >= 0.3 is 0 Å². The lowest BCUT2D eigenvalue weighted by molar-refractivity contribution is 0.120. The van der Waals surface area contributed by atoms with Crippen LogP contribution in [-0.2, 0) is 4.74 Å². The van der Waals surface area contributed by atoms with Crippen LogP contribution in [-0.4, -0.2) is 29.2 Å². The lowest BCUT2D eigenvalue weighted by Gasteiger charge is -2.13. The molecule has 0 amide bonds. The molecule has 0 aliphatic carbocycles. The lowest BCUT2D eigenvalue weighted by Crippen LogP contribution is -2.19. The molecule has 116 valence electrons. The molecule has 2 heterocycles. The minimum atomic E-state index is 0.297. The predicted octanol–water partition coefficient (Wildman–Crippen LogP) is 3.43. The Balaban J connectivity index is 1.66. The van der Waals surface area contributed by atoms with Crippen molar-refractivity contribution in [1.82, 2.24) is 9.97 Å². The van der Waals surface area contributed by atoms with E-state index in [2.05, 4.69) is 52.6 Å². The van der Waals surface area contributed by atoms with E-state index < -0.39 is 0 Å². The third-order valence-corrected chi connectivity index (χ3v) is 3.83. The van der Waals surface area contributed by atoms with Crippen LogP contribution >= 0.6 is 0 Å². The van der Waals surface area contributed by atoms with Crippen LogP contribution in [0, 0.1) is 13.8 Å². The van der Waals surface area contributed by atoms with Gasteiger partial charge in [0.05, 0.1) is 6.10 Å². The molecule has 0 radical (unpaired) electrons. The zero-order valence-corrected chi connectivity index (χ0v) is 13.1. The van der Waals surface area contributed by atoms with E-state index in [0.717, 1.165) is 37.5 Å². The number of nitrogens with zero attached hydrogens (tertiary/aromatic N) is 2. The van der Waals surface area contributed by atoms with Crippen LogP contribution in [0.4, 0.5) is 17.5 Å². The molecule has 1 saturated heterocycles. The van der Waals surface area contributed by atoms with E-state index in [4.69, 9.17) is 4.74 Å². The summed E-state index contributed by atoms with van der Waals surface area (Å²) in [4.78, 5) is 8.80. The largest absolute Gasteiger partial charge is 0.376 e. The predicted molar refractivity (Wildman–Crippen MR) is 88.7 cm³/mol. The van der Waals surface area contributed by atoms with Crippen molar-refractivity contribution in [3.8, 4) is 0 Å². The molecule has 1 aromatic heterocycles. The summed E-state index contributed by atoms with van der Waals surface area (Å²) in [7, 11) is 0. The molecule has 1 fully saturated rings. The summed E-state index contributed by atoms with van der Waals surface area (Å²) >= 11 is 0. The number of aromatic nitrogens is 2. The van der Waals surface area contributed by atoms with E-state index in [-0.39, 0.29) is 0 Å². The van der Waals surface area contributed by atoms with Crippen molar-refractivity contribution >= 4 is 17.5 Å². The van der Waals surface area contributed by atoms with Crippen molar-refractivity contribution < 1.29 is 4.74 Å². The van der Waals surface area contributed by atoms with Crippen LogP contribution in [0.2, 0.25) is 0 Å². The van der Waals surface area contributed by atoms with Gasteiger partial charge in [0.1, 0.15) is 5.82 Å². The molecule has 5 heteroatoms. The molecule has 1 aromatic carbocycles. The summed E-state index contributed by atoms with van der Waals surface area (Å²) < 4.78 is 5.61. The second-order valence-corrected chi connectivity index (χ2v) is 5.72. The first-order valence-corrected chi connectivity index (χ1v) is 7.73. The van der Waals surface area contributed by atoms with Gasteiger partial charge in [-0.05, 0) is 49.9 Å². The third kappa shape index (κ3) is 3.74. The van der Waals surface area contributed by atoms with E-state index in [9.17, 15) is 0 Å². The first-order chi connectivity index (χ1) is 10.7. The van der Waals surface area contributed by atoms with Crippen molar-refractivity contribution in [2.45, 2.75) is 32.8 Å². The highest BCUT2D eigenvalue weighted by atomic mass is 16.5. The molecule has 1 aliphatic heterocycles. The quantitative estimate of drug-likeness (QED) is 0.885. The summed E-state index contributed by atoms with van der Waals surface area (Å²) in [5.74, 6) is 1.42. The number of anilines is 3. The fourth-order valence-corrected chi connectivity index (χ4v) is 2.53. The molecule has 22 heavy (non-hydrogen) atoms. The lowest BCUT2D eigenvalue weighted by atomic mass is 10.1. The van der Waals surface area contributed by atoms with Crippen LogP contribution < -0.4 is 10.6 Å². The topological polar surface area (TPSA) is 59.1 Å². The number of aryl methyl sites for hydroxylation is 2. The average Bonchev–Trinajstić information content (AvgIpc) is 3.03. The molecule has 0 bridgehead atoms. The number of rotatable bonds is 5. The van der Waals surface area contributed by atoms with E-state index in [1.54, 1.807) is 6.20 Å². The number of ether oxygens (including phenoxy) is 1. The van der Waals surface area contributed by atoms with E-state index in [0.29, 0.717) is 12.1 Å². The zero-order valence-electron chi connectivity index (χ0n) is 13.1. The summed E-state index contributed by atoms with van der Waals surface area (Å²) in [6.07, 6.45) is 4.32. The van der Waals surface area contributed by atoms with Gasteiger partial charge in [0.2, 0.25) is 5.95 Å². The van der Waals surface area contributed by atoms with Crippen LogP contribution in [0.3, 0.4) is 0 Å². The van der Waals surface area contributed by atoms with Crippen LogP contribution in [0.15, 0.2) is 30.5 Å². The van der Waals surface area contributed by atoms with Crippen molar-refractivity contribution in [2.75, 3.05) is 23.8 Å². The van der Waals surface area contributed by atoms with Crippen molar-refractivity contribution in [1.29, 1.82) is 0 Å². The third-order valence-electron chi connectivity index (χ3n) is 3.83. The van der Waals surface area contributed by atoms with E-state index >= 15 is 0 Å². The maximum Gasteiger partial charge on any atom is 0.229 e. The average molecular weight is 298 g/mol. The number of nitrogens with one attached hydrogen (secondary N) is 2. The minimum Gasteiger partial charge on any atom is -0.376 e. The van der Waals surface area contributed by atoms with Crippen molar-refractivity contribution in [3.05, 3.63) is 41.6 Å². The van der Waals surface area contributed by atoms with E-state index in [1.165, 1.54) is 11.1 Å². The Hall–Kier alpha value is -2.14. The van der Waals surface area contributed by atoms with Gasteiger partial charge in [0, 0.05) is 25.0 Å². The second kappa shape index (κ2) is 6.75. The monoisotopic (exact) mass is 298 g/mol. The highest BCUT2D eigenvalue weighted by molar-refractivity contribution is 5.60. The van der Waals surface area contributed by atoms with Gasteiger partial charge < -0.3 is 15.4 Å². The van der Waals surface area contributed by atoms with Crippen LogP contribution in [0.1, 0.15) is 24.0 Å². The highest BCUT2D eigenvalue weighted by Crippen LogP contribution is 2.20. The molecule has 2 N–H and O–H groups in total. The maximum atomic E-state index is 5.61. The first-order valence-electron chi connectivity index (χ1n) is 7.73. The van der Waals surface area contributed by atoms with Gasteiger partial charge in [-0.3, -0.25) is 0 Å².